The van der Waals surface area contributed by atoms with Crippen LogP contribution < -0.4 is 9.62 Å². The Bertz CT molecular complexity index is 1270. The molecule has 33 heavy (non-hydrogen) atoms. The van der Waals surface area contributed by atoms with Gasteiger partial charge in [-0.1, -0.05) is 59.1 Å². The van der Waals surface area contributed by atoms with Crippen molar-refractivity contribution in [2.45, 2.75) is 45.6 Å². The average Bonchev–Trinajstić information content (AvgIpc) is 2.74. The van der Waals surface area contributed by atoms with Gasteiger partial charge >= 0.3 is 0 Å². The number of amides is 1. The van der Waals surface area contributed by atoms with Gasteiger partial charge < -0.3 is 5.32 Å². The van der Waals surface area contributed by atoms with Gasteiger partial charge in [-0.05, 0) is 75.6 Å². The first kappa shape index (κ1) is 24.8. The summed E-state index contributed by atoms with van der Waals surface area (Å²) in [6, 6.07) is 17.4. The zero-order chi connectivity index (χ0) is 24.3. The number of halogens is 1. The van der Waals surface area contributed by atoms with Gasteiger partial charge in [0.15, 0.2) is 0 Å². The van der Waals surface area contributed by atoms with E-state index < -0.39 is 15.9 Å². The number of sulfonamides is 1. The van der Waals surface area contributed by atoms with Crippen molar-refractivity contribution in [2.24, 2.45) is 0 Å². The summed E-state index contributed by atoms with van der Waals surface area (Å²) in [7, 11) is -4.01. The smallest absolute Gasteiger partial charge is 0.264 e. The van der Waals surface area contributed by atoms with E-state index >= 15 is 0 Å². The fourth-order valence-electron chi connectivity index (χ4n) is 3.81. The van der Waals surface area contributed by atoms with Gasteiger partial charge in [0.05, 0.1) is 16.6 Å². The second kappa shape index (κ2) is 9.98. The second-order valence-electron chi connectivity index (χ2n) is 8.36. The van der Waals surface area contributed by atoms with E-state index in [9.17, 15) is 13.2 Å². The van der Waals surface area contributed by atoms with Crippen LogP contribution in [0.3, 0.4) is 0 Å². The highest BCUT2D eigenvalue weighted by Gasteiger charge is 2.29. The predicted molar refractivity (Wildman–Crippen MR) is 134 cm³/mol. The lowest BCUT2D eigenvalue weighted by Crippen LogP contribution is -2.42. The summed E-state index contributed by atoms with van der Waals surface area (Å²) in [5.41, 5.74) is 5.10. The summed E-state index contributed by atoms with van der Waals surface area (Å²) in [4.78, 5) is 13.2. The van der Waals surface area contributed by atoms with Crippen LogP contribution in [0.2, 0.25) is 5.02 Å². The molecular weight excluding hydrogens is 456 g/mol. The Hall–Kier alpha value is -2.83. The third-order valence-electron chi connectivity index (χ3n) is 5.67. The van der Waals surface area contributed by atoms with Gasteiger partial charge in [-0.3, -0.25) is 9.10 Å². The first-order chi connectivity index (χ1) is 15.5. The van der Waals surface area contributed by atoms with E-state index in [0.29, 0.717) is 16.3 Å². The van der Waals surface area contributed by atoms with Gasteiger partial charge in [-0.25, -0.2) is 8.42 Å². The summed E-state index contributed by atoms with van der Waals surface area (Å²) in [5.74, 6) is -0.405. The Kier molecular flexibility index (Phi) is 7.50. The second-order valence-corrected chi connectivity index (χ2v) is 10.6. The van der Waals surface area contributed by atoms with E-state index in [-0.39, 0.29) is 17.5 Å². The molecule has 3 aromatic rings. The van der Waals surface area contributed by atoms with Crippen molar-refractivity contribution in [3.8, 4) is 0 Å². The number of anilines is 1. The Balaban J connectivity index is 1.95. The van der Waals surface area contributed by atoms with Crippen LogP contribution in [0.1, 0.15) is 40.8 Å². The Morgan fingerprint density at radius 1 is 0.970 bits per heavy atom. The monoisotopic (exact) mass is 484 g/mol. The van der Waals surface area contributed by atoms with Crippen LogP contribution in [-0.2, 0) is 14.8 Å². The SMILES string of the molecule is Cc1ccc(S(=O)(=O)N(CC(=O)N[C@H](C)c2ccc(C)cc2C)c2cccc(Cl)c2C)cc1. The Morgan fingerprint density at radius 2 is 1.61 bits per heavy atom. The molecule has 3 rings (SSSR count). The maximum Gasteiger partial charge on any atom is 0.264 e. The molecule has 1 N–H and O–H groups in total. The zero-order valence-electron chi connectivity index (χ0n) is 19.5. The molecule has 0 aliphatic carbocycles. The van der Waals surface area contributed by atoms with Crippen molar-refractivity contribution < 1.29 is 13.2 Å². The molecule has 0 saturated carbocycles. The van der Waals surface area contributed by atoms with Crippen LogP contribution in [0.4, 0.5) is 5.69 Å². The number of nitrogens with zero attached hydrogens (tertiary/aromatic N) is 1. The minimum Gasteiger partial charge on any atom is -0.348 e. The van der Waals surface area contributed by atoms with Crippen LogP contribution in [0.5, 0.6) is 0 Å². The number of nitrogens with one attached hydrogen (secondary N) is 1. The van der Waals surface area contributed by atoms with Crippen LogP contribution in [-0.4, -0.2) is 20.9 Å². The Morgan fingerprint density at radius 3 is 2.24 bits per heavy atom. The number of aryl methyl sites for hydroxylation is 3. The van der Waals surface area contributed by atoms with Crippen molar-refractivity contribution in [2.75, 3.05) is 10.8 Å². The molecule has 1 atom stereocenters. The number of carbonyl (C=O) groups is 1. The van der Waals surface area contributed by atoms with Gasteiger partial charge in [0.1, 0.15) is 6.54 Å². The average molecular weight is 485 g/mol. The molecule has 0 fully saturated rings. The largest absolute Gasteiger partial charge is 0.348 e. The molecule has 0 aliphatic heterocycles. The molecular formula is C26H29ClN2O3S. The van der Waals surface area contributed by atoms with Crippen LogP contribution >= 0.6 is 11.6 Å². The van der Waals surface area contributed by atoms with Crippen LogP contribution in [0, 0.1) is 27.7 Å². The first-order valence-electron chi connectivity index (χ1n) is 10.7. The van der Waals surface area contributed by atoms with E-state index in [1.54, 1.807) is 49.4 Å². The summed E-state index contributed by atoms with van der Waals surface area (Å²) in [6.07, 6.45) is 0. The van der Waals surface area contributed by atoms with Gasteiger partial charge in [-0.15, -0.1) is 0 Å². The van der Waals surface area contributed by atoms with Crippen molar-refractivity contribution in [1.82, 2.24) is 5.32 Å². The molecule has 0 heterocycles. The summed E-state index contributed by atoms with van der Waals surface area (Å²) in [5, 5.41) is 3.38. The van der Waals surface area contributed by atoms with Gasteiger partial charge in [0.2, 0.25) is 5.91 Å². The van der Waals surface area contributed by atoms with Crippen molar-refractivity contribution >= 4 is 33.2 Å². The highest BCUT2D eigenvalue weighted by Crippen LogP contribution is 2.31. The summed E-state index contributed by atoms with van der Waals surface area (Å²) >= 11 is 6.28. The topological polar surface area (TPSA) is 66.5 Å². The molecule has 0 saturated heterocycles. The minimum absolute atomic E-state index is 0.114. The maximum absolute atomic E-state index is 13.6. The highest BCUT2D eigenvalue weighted by atomic mass is 35.5. The first-order valence-corrected chi connectivity index (χ1v) is 12.5. The molecule has 0 unspecified atom stereocenters. The molecule has 1 amide bonds. The third-order valence-corrected chi connectivity index (χ3v) is 7.86. The molecule has 0 radical (unpaired) electrons. The maximum atomic E-state index is 13.6. The van der Waals surface area contributed by atoms with Crippen molar-refractivity contribution in [1.29, 1.82) is 0 Å². The fourth-order valence-corrected chi connectivity index (χ4v) is 5.46. The van der Waals surface area contributed by atoms with Crippen molar-refractivity contribution in [3.63, 3.8) is 0 Å². The normalized spacial score (nSPS) is 12.3. The van der Waals surface area contributed by atoms with E-state index in [1.807, 2.05) is 39.8 Å². The number of rotatable bonds is 7. The van der Waals surface area contributed by atoms with Crippen LogP contribution in [0.25, 0.3) is 0 Å². The van der Waals surface area contributed by atoms with Gasteiger partial charge in [0.25, 0.3) is 10.0 Å². The molecule has 0 aliphatic rings. The lowest BCUT2D eigenvalue weighted by atomic mass is 10.0. The number of benzene rings is 3. The van der Waals surface area contributed by atoms with E-state index in [1.165, 1.54) is 0 Å². The molecule has 5 nitrogen and oxygen atoms in total. The lowest BCUT2D eigenvalue weighted by molar-refractivity contribution is -0.120. The molecule has 174 valence electrons. The summed E-state index contributed by atoms with van der Waals surface area (Å²) in [6.45, 7) is 9.16. The lowest BCUT2D eigenvalue weighted by Gasteiger charge is -2.27. The van der Waals surface area contributed by atoms with E-state index in [2.05, 4.69) is 11.4 Å². The highest BCUT2D eigenvalue weighted by molar-refractivity contribution is 7.92. The standard InChI is InChI=1S/C26H29ClN2O3S/c1-17-9-12-22(13-10-17)33(31,32)29(25-8-6-7-24(27)20(25)4)16-26(30)28-21(5)23-14-11-18(2)15-19(23)3/h6-15,21H,16H2,1-5H3,(H,28,30)/t21-/m1/s1. The zero-order valence-corrected chi connectivity index (χ0v) is 21.1. The molecule has 7 heteroatoms. The van der Waals surface area contributed by atoms with E-state index in [0.717, 1.165) is 26.6 Å². The minimum atomic E-state index is -4.01. The van der Waals surface area contributed by atoms with Gasteiger partial charge in [-0.2, -0.15) is 0 Å². The number of hydrogen-bond acceptors (Lipinski definition) is 3. The van der Waals surface area contributed by atoms with Crippen LogP contribution in [0.15, 0.2) is 65.6 Å². The van der Waals surface area contributed by atoms with E-state index in [4.69, 9.17) is 11.6 Å². The predicted octanol–water partition coefficient (Wildman–Crippen LogP) is 5.65. The molecule has 3 aromatic carbocycles. The summed E-state index contributed by atoms with van der Waals surface area (Å²) < 4.78 is 28.3. The van der Waals surface area contributed by atoms with Crippen molar-refractivity contribution in [3.05, 3.63) is 93.5 Å². The molecule has 0 spiro atoms. The van der Waals surface area contributed by atoms with Gasteiger partial charge in [0, 0.05) is 5.02 Å². The quantitative estimate of drug-likeness (QED) is 0.471. The number of hydrogen-bond donors (Lipinski definition) is 1. The molecule has 0 bridgehead atoms. The number of carbonyl (C=O) groups excluding carboxylic acids is 1. The molecule has 0 aromatic heterocycles. The third kappa shape index (κ3) is 5.57. The fraction of sp³-hybridized carbons (Fsp3) is 0.269. The Labute approximate surface area is 201 Å².